The number of methoxy groups -OCH3 is 2. The molecule has 2 heterocycles. The molecule has 28 heavy (non-hydrogen) atoms. The van der Waals surface area contributed by atoms with E-state index in [4.69, 9.17) is 9.47 Å². The first-order valence-electron chi connectivity index (χ1n) is 9.32. The molecule has 0 amide bonds. The summed E-state index contributed by atoms with van der Waals surface area (Å²) in [6, 6.07) is 16.9. The van der Waals surface area contributed by atoms with E-state index in [0.29, 0.717) is 0 Å². The van der Waals surface area contributed by atoms with Crippen LogP contribution in [-0.4, -0.2) is 19.2 Å². The molecule has 4 heteroatoms. The molecular weight excluding hydrogens is 348 g/mol. The Hall–Kier alpha value is -3.27. The van der Waals surface area contributed by atoms with E-state index in [0.717, 1.165) is 28.4 Å². The molecule has 0 saturated heterocycles. The van der Waals surface area contributed by atoms with Gasteiger partial charge in [-0.05, 0) is 60.9 Å². The number of nitrogens with zero attached hydrogens (tertiary/aromatic N) is 2. The number of ether oxygens (including phenoxy) is 2. The Morgan fingerprint density at radius 3 is 2.29 bits per heavy atom. The summed E-state index contributed by atoms with van der Waals surface area (Å²) in [5.74, 6) is 1.47. The van der Waals surface area contributed by atoms with Gasteiger partial charge < -0.3 is 14.4 Å². The molecule has 3 aromatic rings. The van der Waals surface area contributed by atoms with Crippen LogP contribution in [0.25, 0.3) is 6.08 Å². The van der Waals surface area contributed by atoms with Crippen LogP contribution < -0.4 is 14.4 Å². The van der Waals surface area contributed by atoms with Crippen molar-refractivity contribution >= 4 is 11.8 Å². The predicted octanol–water partition coefficient (Wildman–Crippen LogP) is 5.38. The number of hydrogen-bond donors (Lipinski definition) is 0. The van der Waals surface area contributed by atoms with Gasteiger partial charge in [0.05, 0.1) is 32.1 Å². The fourth-order valence-electron chi connectivity index (χ4n) is 3.84. The van der Waals surface area contributed by atoms with Gasteiger partial charge in [-0.1, -0.05) is 29.8 Å². The Kier molecular flexibility index (Phi) is 4.78. The first kappa shape index (κ1) is 18.1. The van der Waals surface area contributed by atoms with Crippen LogP contribution in [0.3, 0.4) is 0 Å². The van der Waals surface area contributed by atoms with Crippen molar-refractivity contribution in [3.63, 3.8) is 0 Å². The summed E-state index contributed by atoms with van der Waals surface area (Å²) in [6.45, 7) is 4.24. The Morgan fingerprint density at radius 1 is 0.929 bits per heavy atom. The fourth-order valence-corrected chi connectivity index (χ4v) is 3.84. The average molecular weight is 372 g/mol. The first-order chi connectivity index (χ1) is 13.6. The second kappa shape index (κ2) is 7.39. The van der Waals surface area contributed by atoms with Crippen molar-refractivity contribution in [2.45, 2.75) is 19.9 Å². The monoisotopic (exact) mass is 372 g/mol. The third-order valence-electron chi connectivity index (χ3n) is 5.20. The molecule has 0 bridgehead atoms. The standard InChI is InChI=1S/C24H24N2O2/c1-16-7-9-18(10-8-16)24-21-14-23(28-4)22(27-3)13-19(21)12-17(2)26(24)20-6-5-11-25-15-20/h5-15,24H,1-4H3. The minimum Gasteiger partial charge on any atom is -0.493 e. The zero-order valence-electron chi connectivity index (χ0n) is 16.6. The lowest BCUT2D eigenvalue weighted by atomic mass is 9.88. The van der Waals surface area contributed by atoms with Crippen LogP contribution in [-0.2, 0) is 0 Å². The predicted molar refractivity (Wildman–Crippen MR) is 113 cm³/mol. The van der Waals surface area contributed by atoms with Crippen LogP contribution in [0.2, 0.25) is 0 Å². The molecular formula is C24H24N2O2. The lowest BCUT2D eigenvalue weighted by Crippen LogP contribution is -2.31. The van der Waals surface area contributed by atoms with Crippen LogP contribution in [0.1, 0.15) is 35.2 Å². The van der Waals surface area contributed by atoms with Crippen molar-refractivity contribution in [1.29, 1.82) is 0 Å². The van der Waals surface area contributed by atoms with Crippen molar-refractivity contribution in [2.75, 3.05) is 19.1 Å². The van der Waals surface area contributed by atoms with Crippen LogP contribution in [0.15, 0.2) is 66.6 Å². The van der Waals surface area contributed by atoms with Gasteiger partial charge in [0.25, 0.3) is 0 Å². The van der Waals surface area contributed by atoms with Gasteiger partial charge in [0.15, 0.2) is 11.5 Å². The van der Waals surface area contributed by atoms with E-state index < -0.39 is 0 Å². The Bertz CT molecular complexity index is 1010. The lowest BCUT2D eigenvalue weighted by Gasteiger charge is -2.39. The average Bonchev–Trinajstić information content (AvgIpc) is 2.73. The smallest absolute Gasteiger partial charge is 0.161 e. The minimum atomic E-state index is 0.0182. The SMILES string of the molecule is COc1cc2c(cc1OC)C(c1ccc(C)cc1)N(c1cccnc1)C(C)=C2. The van der Waals surface area contributed by atoms with E-state index in [2.05, 4.69) is 72.3 Å². The summed E-state index contributed by atoms with van der Waals surface area (Å²) in [5, 5.41) is 0. The van der Waals surface area contributed by atoms with Gasteiger partial charge in [0.2, 0.25) is 0 Å². The minimum absolute atomic E-state index is 0.0182. The van der Waals surface area contributed by atoms with Gasteiger partial charge in [-0.25, -0.2) is 0 Å². The third-order valence-corrected chi connectivity index (χ3v) is 5.20. The highest BCUT2D eigenvalue weighted by atomic mass is 16.5. The lowest BCUT2D eigenvalue weighted by molar-refractivity contribution is 0.354. The summed E-state index contributed by atoms with van der Waals surface area (Å²) in [7, 11) is 3.34. The van der Waals surface area contributed by atoms with Crippen molar-refractivity contribution in [3.05, 3.63) is 88.9 Å². The van der Waals surface area contributed by atoms with E-state index in [1.807, 2.05) is 12.3 Å². The topological polar surface area (TPSA) is 34.6 Å². The normalized spacial score (nSPS) is 15.6. The molecule has 0 spiro atoms. The largest absolute Gasteiger partial charge is 0.493 e. The van der Waals surface area contributed by atoms with E-state index in [9.17, 15) is 0 Å². The molecule has 2 aromatic carbocycles. The number of anilines is 1. The molecule has 1 aliphatic heterocycles. The van der Waals surface area contributed by atoms with Gasteiger partial charge in [0, 0.05) is 11.9 Å². The summed E-state index contributed by atoms with van der Waals surface area (Å²) in [6.07, 6.45) is 5.90. The molecule has 1 aliphatic rings. The molecule has 4 rings (SSSR count). The van der Waals surface area contributed by atoms with Crippen molar-refractivity contribution in [1.82, 2.24) is 4.98 Å². The highest BCUT2D eigenvalue weighted by Gasteiger charge is 2.31. The summed E-state index contributed by atoms with van der Waals surface area (Å²) in [4.78, 5) is 6.67. The number of aryl methyl sites for hydroxylation is 1. The molecule has 1 unspecified atom stereocenters. The van der Waals surface area contributed by atoms with Gasteiger partial charge >= 0.3 is 0 Å². The molecule has 1 atom stereocenters. The fraction of sp³-hybridized carbons (Fsp3) is 0.208. The molecule has 1 aromatic heterocycles. The highest BCUT2D eigenvalue weighted by molar-refractivity contribution is 5.73. The van der Waals surface area contributed by atoms with Crippen LogP contribution in [0.5, 0.6) is 11.5 Å². The second-order valence-corrected chi connectivity index (χ2v) is 7.02. The highest BCUT2D eigenvalue weighted by Crippen LogP contribution is 2.45. The third kappa shape index (κ3) is 3.11. The molecule has 4 nitrogen and oxygen atoms in total. The van der Waals surface area contributed by atoms with Crippen LogP contribution in [0.4, 0.5) is 5.69 Å². The van der Waals surface area contributed by atoms with E-state index >= 15 is 0 Å². The zero-order valence-corrected chi connectivity index (χ0v) is 16.6. The van der Waals surface area contributed by atoms with Crippen LogP contribution >= 0.6 is 0 Å². The maximum absolute atomic E-state index is 5.60. The number of allylic oxidation sites excluding steroid dienone is 1. The van der Waals surface area contributed by atoms with E-state index in [1.165, 1.54) is 16.7 Å². The second-order valence-electron chi connectivity index (χ2n) is 7.02. The molecule has 142 valence electrons. The first-order valence-corrected chi connectivity index (χ1v) is 9.32. The zero-order chi connectivity index (χ0) is 19.7. The van der Waals surface area contributed by atoms with Crippen molar-refractivity contribution < 1.29 is 9.47 Å². The van der Waals surface area contributed by atoms with Crippen molar-refractivity contribution in [2.24, 2.45) is 0 Å². The Balaban J connectivity index is 1.96. The summed E-state index contributed by atoms with van der Waals surface area (Å²) < 4.78 is 11.1. The number of aromatic nitrogens is 1. The molecule has 0 radical (unpaired) electrons. The summed E-state index contributed by atoms with van der Waals surface area (Å²) >= 11 is 0. The van der Waals surface area contributed by atoms with E-state index in [1.54, 1.807) is 20.4 Å². The summed E-state index contributed by atoms with van der Waals surface area (Å²) in [5.41, 5.74) is 6.99. The molecule has 0 saturated carbocycles. The number of benzene rings is 2. The number of fused-ring (bicyclic) bond motifs is 1. The van der Waals surface area contributed by atoms with Gasteiger partial charge in [-0.15, -0.1) is 0 Å². The van der Waals surface area contributed by atoms with Crippen molar-refractivity contribution in [3.8, 4) is 11.5 Å². The molecule has 0 aliphatic carbocycles. The number of hydrogen-bond acceptors (Lipinski definition) is 4. The van der Waals surface area contributed by atoms with Crippen LogP contribution in [0, 0.1) is 6.92 Å². The van der Waals surface area contributed by atoms with Gasteiger partial charge in [0.1, 0.15) is 0 Å². The Morgan fingerprint density at radius 2 is 1.64 bits per heavy atom. The van der Waals surface area contributed by atoms with E-state index in [-0.39, 0.29) is 6.04 Å². The van der Waals surface area contributed by atoms with Gasteiger partial charge in [-0.2, -0.15) is 0 Å². The number of rotatable bonds is 4. The maximum atomic E-state index is 5.60. The Labute approximate surface area is 166 Å². The quantitative estimate of drug-likeness (QED) is 0.616. The molecule has 0 fully saturated rings. The maximum Gasteiger partial charge on any atom is 0.161 e. The molecule has 0 N–H and O–H groups in total. The van der Waals surface area contributed by atoms with Gasteiger partial charge in [-0.3, -0.25) is 4.98 Å². The number of pyridine rings is 1.